The molecule has 2 heterocycles. The molecule has 0 bridgehead atoms. The third-order valence-corrected chi connectivity index (χ3v) is 4.24. The highest BCUT2D eigenvalue weighted by molar-refractivity contribution is 5.87. The molecule has 0 spiro atoms. The van der Waals surface area contributed by atoms with E-state index >= 15 is 0 Å². The Morgan fingerprint density at radius 1 is 1.38 bits per heavy atom. The highest BCUT2D eigenvalue weighted by Crippen LogP contribution is 2.22. The van der Waals surface area contributed by atoms with Gasteiger partial charge in [0, 0.05) is 43.1 Å². The smallest absolute Gasteiger partial charge is 0.0708 e. The number of likely N-dealkylation sites (tertiary alicyclic amines) is 1. The number of rotatable bonds is 2. The number of hydrogen-bond acceptors (Lipinski definition) is 4. The quantitative estimate of drug-likeness (QED) is 0.680. The topological polar surface area (TPSA) is 48.7 Å². The van der Waals surface area contributed by atoms with E-state index in [-0.39, 0.29) is 0 Å². The lowest BCUT2D eigenvalue weighted by Gasteiger charge is -2.31. The maximum absolute atomic E-state index is 8.98. The minimum atomic E-state index is 0.318. The largest absolute Gasteiger partial charge is 0.411 e. The molecule has 1 fully saturated rings. The number of aryl methyl sites for hydroxylation is 1. The van der Waals surface area contributed by atoms with Gasteiger partial charge in [-0.3, -0.25) is 9.88 Å². The molecule has 1 unspecified atom stereocenters. The van der Waals surface area contributed by atoms with Crippen molar-refractivity contribution in [3.05, 3.63) is 41.6 Å². The molecule has 0 aliphatic carbocycles. The van der Waals surface area contributed by atoms with Crippen LogP contribution in [0.5, 0.6) is 0 Å². The molecule has 110 valence electrons. The summed E-state index contributed by atoms with van der Waals surface area (Å²) in [6.45, 7) is 6.98. The molecule has 1 aromatic carbocycles. The van der Waals surface area contributed by atoms with Gasteiger partial charge >= 0.3 is 0 Å². The summed E-state index contributed by atoms with van der Waals surface area (Å²) in [7, 11) is 0. The van der Waals surface area contributed by atoms with Gasteiger partial charge in [-0.25, -0.2) is 0 Å². The van der Waals surface area contributed by atoms with Crippen LogP contribution in [-0.2, 0) is 6.54 Å². The second kappa shape index (κ2) is 5.82. The van der Waals surface area contributed by atoms with Crippen LogP contribution in [0, 0.1) is 12.8 Å². The summed E-state index contributed by atoms with van der Waals surface area (Å²) in [6, 6.07) is 10.5. The van der Waals surface area contributed by atoms with Crippen LogP contribution in [-0.4, -0.2) is 33.9 Å². The molecule has 21 heavy (non-hydrogen) atoms. The van der Waals surface area contributed by atoms with Crippen molar-refractivity contribution < 1.29 is 5.21 Å². The first-order chi connectivity index (χ1) is 10.2. The number of benzene rings is 1. The standard InChI is InChI=1S/C17H21N3O/c1-12-10-20(8-7-16(12)19-21)11-14-9-13(2)18-17-6-4-3-5-15(14)17/h3-6,9,12,21H,7-8,10-11H2,1-2H3/b19-16+. The van der Waals surface area contributed by atoms with Crippen molar-refractivity contribution in [2.45, 2.75) is 26.8 Å². The minimum absolute atomic E-state index is 0.318. The molecule has 2 aromatic rings. The van der Waals surface area contributed by atoms with Crippen molar-refractivity contribution in [3.63, 3.8) is 0 Å². The predicted molar refractivity (Wildman–Crippen MR) is 84.8 cm³/mol. The van der Waals surface area contributed by atoms with Gasteiger partial charge < -0.3 is 5.21 Å². The maximum Gasteiger partial charge on any atom is 0.0708 e. The zero-order valence-electron chi connectivity index (χ0n) is 12.6. The third-order valence-electron chi connectivity index (χ3n) is 4.24. The third kappa shape index (κ3) is 2.90. The van der Waals surface area contributed by atoms with E-state index in [0.717, 1.165) is 43.0 Å². The van der Waals surface area contributed by atoms with Gasteiger partial charge in [-0.15, -0.1) is 0 Å². The van der Waals surface area contributed by atoms with Gasteiger partial charge in [-0.2, -0.15) is 0 Å². The van der Waals surface area contributed by atoms with Crippen molar-refractivity contribution in [1.82, 2.24) is 9.88 Å². The SMILES string of the molecule is Cc1cc(CN2CC/C(=N\O)C(C)C2)c2ccccc2n1. The summed E-state index contributed by atoms with van der Waals surface area (Å²) < 4.78 is 0. The molecule has 1 aliphatic heterocycles. The Labute approximate surface area is 125 Å². The molecule has 1 aliphatic rings. The Morgan fingerprint density at radius 3 is 2.95 bits per heavy atom. The van der Waals surface area contributed by atoms with E-state index in [9.17, 15) is 0 Å². The lowest BCUT2D eigenvalue weighted by Crippen LogP contribution is -2.39. The molecule has 4 heteroatoms. The van der Waals surface area contributed by atoms with Crippen molar-refractivity contribution in [2.75, 3.05) is 13.1 Å². The Hall–Kier alpha value is -1.94. The van der Waals surface area contributed by atoms with Crippen LogP contribution in [0.25, 0.3) is 10.9 Å². The zero-order valence-corrected chi connectivity index (χ0v) is 12.6. The summed E-state index contributed by atoms with van der Waals surface area (Å²) in [5, 5.41) is 13.6. The van der Waals surface area contributed by atoms with E-state index in [0.29, 0.717) is 5.92 Å². The number of fused-ring (bicyclic) bond motifs is 1. The van der Waals surface area contributed by atoms with Crippen LogP contribution in [0.15, 0.2) is 35.5 Å². The molecule has 1 N–H and O–H groups in total. The first-order valence-electron chi connectivity index (χ1n) is 7.46. The zero-order chi connectivity index (χ0) is 14.8. The van der Waals surface area contributed by atoms with Crippen molar-refractivity contribution in [3.8, 4) is 0 Å². The van der Waals surface area contributed by atoms with Crippen LogP contribution in [0.4, 0.5) is 0 Å². The number of oxime groups is 1. The summed E-state index contributed by atoms with van der Waals surface area (Å²) in [4.78, 5) is 7.03. The van der Waals surface area contributed by atoms with E-state index in [1.807, 2.05) is 13.0 Å². The fourth-order valence-electron chi connectivity index (χ4n) is 3.16. The normalized spacial score (nSPS) is 22.0. The Balaban J connectivity index is 1.85. The molecule has 0 radical (unpaired) electrons. The van der Waals surface area contributed by atoms with Crippen LogP contribution >= 0.6 is 0 Å². The molecular formula is C17H21N3O. The highest BCUT2D eigenvalue weighted by Gasteiger charge is 2.23. The van der Waals surface area contributed by atoms with Crippen molar-refractivity contribution in [2.24, 2.45) is 11.1 Å². The van der Waals surface area contributed by atoms with E-state index < -0.39 is 0 Å². The first-order valence-corrected chi connectivity index (χ1v) is 7.46. The molecule has 4 nitrogen and oxygen atoms in total. The lowest BCUT2D eigenvalue weighted by molar-refractivity contribution is 0.229. The van der Waals surface area contributed by atoms with E-state index in [2.05, 4.69) is 46.2 Å². The average molecular weight is 283 g/mol. The van der Waals surface area contributed by atoms with Crippen molar-refractivity contribution >= 4 is 16.6 Å². The number of nitrogens with zero attached hydrogens (tertiary/aromatic N) is 3. The molecular weight excluding hydrogens is 262 g/mol. The Bertz CT molecular complexity index is 681. The van der Waals surface area contributed by atoms with Gasteiger partial charge in [0.15, 0.2) is 0 Å². The Morgan fingerprint density at radius 2 is 2.19 bits per heavy atom. The van der Waals surface area contributed by atoms with Gasteiger partial charge in [0.1, 0.15) is 0 Å². The van der Waals surface area contributed by atoms with E-state index in [4.69, 9.17) is 5.21 Å². The van der Waals surface area contributed by atoms with Gasteiger partial charge in [0.25, 0.3) is 0 Å². The first kappa shape index (κ1) is 14.0. The van der Waals surface area contributed by atoms with Gasteiger partial charge in [0.05, 0.1) is 11.2 Å². The van der Waals surface area contributed by atoms with E-state index in [1.165, 1.54) is 10.9 Å². The maximum atomic E-state index is 8.98. The fourth-order valence-corrected chi connectivity index (χ4v) is 3.16. The average Bonchev–Trinajstić information content (AvgIpc) is 2.47. The molecule has 1 aromatic heterocycles. The van der Waals surface area contributed by atoms with Gasteiger partial charge in [-0.05, 0) is 24.6 Å². The van der Waals surface area contributed by atoms with Crippen LogP contribution < -0.4 is 0 Å². The minimum Gasteiger partial charge on any atom is -0.411 e. The van der Waals surface area contributed by atoms with E-state index in [1.54, 1.807) is 0 Å². The summed E-state index contributed by atoms with van der Waals surface area (Å²) in [5.41, 5.74) is 4.37. The predicted octanol–water partition coefficient (Wildman–Crippen LogP) is 3.22. The number of pyridine rings is 1. The number of piperidine rings is 1. The molecule has 0 amide bonds. The summed E-state index contributed by atoms with van der Waals surface area (Å²) in [5.74, 6) is 0.318. The molecule has 3 rings (SSSR count). The number of hydrogen-bond donors (Lipinski definition) is 1. The summed E-state index contributed by atoms with van der Waals surface area (Å²) in [6.07, 6.45) is 0.847. The van der Waals surface area contributed by atoms with Crippen molar-refractivity contribution in [1.29, 1.82) is 0 Å². The Kier molecular flexibility index (Phi) is 3.88. The highest BCUT2D eigenvalue weighted by atomic mass is 16.4. The second-order valence-electron chi connectivity index (χ2n) is 5.92. The number of para-hydroxylation sites is 1. The lowest BCUT2D eigenvalue weighted by atomic mass is 9.96. The monoisotopic (exact) mass is 283 g/mol. The van der Waals surface area contributed by atoms with Crippen LogP contribution in [0.3, 0.4) is 0 Å². The van der Waals surface area contributed by atoms with Crippen LogP contribution in [0.1, 0.15) is 24.6 Å². The van der Waals surface area contributed by atoms with Gasteiger partial charge in [0.2, 0.25) is 0 Å². The summed E-state index contributed by atoms with van der Waals surface area (Å²) >= 11 is 0. The van der Waals surface area contributed by atoms with Crippen LogP contribution in [0.2, 0.25) is 0 Å². The van der Waals surface area contributed by atoms with Gasteiger partial charge in [-0.1, -0.05) is 30.3 Å². The second-order valence-corrected chi connectivity index (χ2v) is 5.92. The molecule has 0 saturated carbocycles. The number of aromatic nitrogens is 1. The molecule has 1 atom stereocenters. The molecule has 1 saturated heterocycles. The fraction of sp³-hybridized carbons (Fsp3) is 0.412.